The molecule has 0 atom stereocenters. The van der Waals surface area contributed by atoms with Crippen LogP contribution < -0.4 is 14.8 Å². The van der Waals surface area contributed by atoms with E-state index >= 15 is 0 Å². The van der Waals surface area contributed by atoms with Crippen LogP contribution in [0.5, 0.6) is 11.5 Å². The molecule has 21 heavy (non-hydrogen) atoms. The fraction of sp³-hybridized carbons (Fsp3) is 0.235. The number of rotatable bonds is 4. The van der Waals surface area contributed by atoms with E-state index in [0.29, 0.717) is 17.1 Å². The molecule has 0 heterocycles. The highest BCUT2D eigenvalue weighted by Gasteiger charge is 2.14. The summed E-state index contributed by atoms with van der Waals surface area (Å²) in [5.41, 5.74) is 3.39. The number of amides is 1. The molecule has 1 N–H and O–H groups in total. The predicted octanol–water partition coefficient (Wildman–Crippen LogP) is 3.57. The number of hydrogen-bond donors (Lipinski definition) is 1. The van der Waals surface area contributed by atoms with Crippen molar-refractivity contribution in [3.63, 3.8) is 0 Å². The van der Waals surface area contributed by atoms with E-state index < -0.39 is 0 Å². The number of aryl methyl sites for hydroxylation is 2. The molecule has 0 radical (unpaired) electrons. The molecule has 0 saturated heterocycles. The van der Waals surface area contributed by atoms with Crippen molar-refractivity contribution in [3.05, 3.63) is 53.1 Å². The van der Waals surface area contributed by atoms with E-state index in [4.69, 9.17) is 9.47 Å². The minimum atomic E-state index is -0.205. The minimum Gasteiger partial charge on any atom is -0.497 e. The largest absolute Gasteiger partial charge is 0.497 e. The zero-order valence-electron chi connectivity index (χ0n) is 12.7. The summed E-state index contributed by atoms with van der Waals surface area (Å²) in [6.45, 7) is 3.95. The molecule has 2 aromatic rings. The van der Waals surface area contributed by atoms with Crippen LogP contribution in [0, 0.1) is 13.8 Å². The fourth-order valence-electron chi connectivity index (χ4n) is 2.05. The number of methoxy groups -OCH3 is 2. The van der Waals surface area contributed by atoms with Gasteiger partial charge < -0.3 is 14.8 Å². The summed E-state index contributed by atoms with van der Waals surface area (Å²) >= 11 is 0. The first-order valence-electron chi connectivity index (χ1n) is 6.65. The number of nitrogens with one attached hydrogen (secondary N) is 1. The van der Waals surface area contributed by atoms with Crippen molar-refractivity contribution in [1.82, 2.24) is 0 Å². The Bertz CT molecular complexity index is 665. The second-order valence-corrected chi connectivity index (χ2v) is 4.84. The molecule has 0 aliphatic heterocycles. The summed E-state index contributed by atoms with van der Waals surface area (Å²) in [4.78, 5) is 12.4. The van der Waals surface area contributed by atoms with E-state index in [2.05, 4.69) is 5.32 Å². The van der Waals surface area contributed by atoms with Crippen molar-refractivity contribution in [3.8, 4) is 11.5 Å². The van der Waals surface area contributed by atoms with Crippen LogP contribution in [0.4, 0.5) is 5.69 Å². The van der Waals surface area contributed by atoms with Crippen molar-refractivity contribution in [1.29, 1.82) is 0 Å². The Kier molecular flexibility index (Phi) is 4.48. The third kappa shape index (κ3) is 3.34. The van der Waals surface area contributed by atoms with Crippen molar-refractivity contribution in [2.75, 3.05) is 19.5 Å². The second kappa shape index (κ2) is 6.31. The molecule has 4 heteroatoms. The highest BCUT2D eigenvalue weighted by Crippen LogP contribution is 2.26. The maximum atomic E-state index is 12.4. The first kappa shape index (κ1) is 14.9. The number of ether oxygens (including phenoxy) is 2. The lowest BCUT2D eigenvalue weighted by atomic mass is 10.1. The Morgan fingerprint density at radius 2 is 1.76 bits per heavy atom. The molecular weight excluding hydrogens is 266 g/mol. The van der Waals surface area contributed by atoms with Gasteiger partial charge in [-0.15, -0.1) is 0 Å². The number of carbonyl (C=O) groups excluding carboxylic acids is 1. The fourth-order valence-corrected chi connectivity index (χ4v) is 2.05. The van der Waals surface area contributed by atoms with E-state index in [-0.39, 0.29) is 5.91 Å². The molecule has 0 aliphatic rings. The van der Waals surface area contributed by atoms with Gasteiger partial charge in [0, 0.05) is 11.8 Å². The van der Waals surface area contributed by atoms with Crippen LogP contribution >= 0.6 is 0 Å². The molecule has 0 spiro atoms. The van der Waals surface area contributed by atoms with Gasteiger partial charge in [-0.05, 0) is 43.2 Å². The highest BCUT2D eigenvalue weighted by atomic mass is 16.5. The SMILES string of the molecule is COc1ccc(C(=O)Nc2cc(C)ccc2C)c(OC)c1. The Balaban J connectivity index is 2.30. The van der Waals surface area contributed by atoms with Crippen LogP contribution in [-0.2, 0) is 0 Å². The summed E-state index contributed by atoms with van der Waals surface area (Å²) in [7, 11) is 3.11. The third-order valence-electron chi connectivity index (χ3n) is 3.29. The zero-order chi connectivity index (χ0) is 15.4. The van der Waals surface area contributed by atoms with E-state index in [1.54, 1.807) is 25.3 Å². The van der Waals surface area contributed by atoms with E-state index in [1.807, 2.05) is 32.0 Å². The Labute approximate surface area is 124 Å². The molecule has 0 fully saturated rings. The summed E-state index contributed by atoms with van der Waals surface area (Å²) in [5, 5.41) is 2.92. The summed E-state index contributed by atoms with van der Waals surface area (Å²) in [5.74, 6) is 0.926. The van der Waals surface area contributed by atoms with Gasteiger partial charge in [-0.1, -0.05) is 12.1 Å². The topological polar surface area (TPSA) is 47.6 Å². The quantitative estimate of drug-likeness (QED) is 0.934. The van der Waals surface area contributed by atoms with Gasteiger partial charge in [-0.2, -0.15) is 0 Å². The molecule has 2 rings (SSSR count). The minimum absolute atomic E-state index is 0.205. The molecule has 2 aromatic carbocycles. The van der Waals surface area contributed by atoms with E-state index in [9.17, 15) is 4.79 Å². The lowest BCUT2D eigenvalue weighted by Crippen LogP contribution is -2.14. The lowest BCUT2D eigenvalue weighted by molar-refractivity contribution is 0.102. The second-order valence-electron chi connectivity index (χ2n) is 4.84. The van der Waals surface area contributed by atoms with Crippen LogP contribution in [-0.4, -0.2) is 20.1 Å². The van der Waals surface area contributed by atoms with Gasteiger partial charge in [0.2, 0.25) is 0 Å². The average molecular weight is 285 g/mol. The van der Waals surface area contributed by atoms with Crippen molar-refractivity contribution in [2.24, 2.45) is 0 Å². The normalized spacial score (nSPS) is 10.1. The smallest absolute Gasteiger partial charge is 0.259 e. The maximum Gasteiger partial charge on any atom is 0.259 e. The first-order valence-corrected chi connectivity index (χ1v) is 6.65. The van der Waals surface area contributed by atoms with Gasteiger partial charge in [-0.3, -0.25) is 4.79 Å². The van der Waals surface area contributed by atoms with Crippen LogP contribution in [0.15, 0.2) is 36.4 Å². The zero-order valence-corrected chi connectivity index (χ0v) is 12.7. The van der Waals surface area contributed by atoms with Gasteiger partial charge in [0.25, 0.3) is 5.91 Å². The molecule has 0 aliphatic carbocycles. The predicted molar refractivity (Wildman–Crippen MR) is 83.4 cm³/mol. The summed E-state index contributed by atoms with van der Waals surface area (Å²) in [6.07, 6.45) is 0. The van der Waals surface area contributed by atoms with Gasteiger partial charge in [-0.25, -0.2) is 0 Å². The molecule has 0 unspecified atom stereocenters. The number of hydrogen-bond acceptors (Lipinski definition) is 3. The third-order valence-corrected chi connectivity index (χ3v) is 3.29. The molecule has 0 aromatic heterocycles. The van der Waals surface area contributed by atoms with Crippen LogP contribution in [0.2, 0.25) is 0 Å². The van der Waals surface area contributed by atoms with Gasteiger partial charge >= 0.3 is 0 Å². The lowest BCUT2D eigenvalue weighted by Gasteiger charge is -2.12. The number of carbonyl (C=O) groups is 1. The van der Waals surface area contributed by atoms with Crippen LogP contribution in [0.3, 0.4) is 0 Å². The standard InChI is InChI=1S/C17H19NO3/c1-11-5-6-12(2)15(9-11)18-17(19)14-8-7-13(20-3)10-16(14)21-4/h5-10H,1-4H3,(H,18,19). The highest BCUT2D eigenvalue weighted by molar-refractivity contribution is 6.06. The van der Waals surface area contributed by atoms with Crippen LogP contribution in [0.25, 0.3) is 0 Å². The Hall–Kier alpha value is -2.49. The Morgan fingerprint density at radius 1 is 1.00 bits per heavy atom. The van der Waals surface area contributed by atoms with Gasteiger partial charge in [0.05, 0.1) is 19.8 Å². The summed E-state index contributed by atoms with van der Waals surface area (Å²) in [6, 6.07) is 11.1. The Morgan fingerprint density at radius 3 is 2.43 bits per heavy atom. The number of benzene rings is 2. The monoisotopic (exact) mass is 285 g/mol. The molecular formula is C17H19NO3. The molecule has 0 saturated carbocycles. The number of anilines is 1. The van der Waals surface area contributed by atoms with Crippen molar-refractivity contribution in [2.45, 2.75) is 13.8 Å². The van der Waals surface area contributed by atoms with E-state index in [0.717, 1.165) is 16.8 Å². The molecule has 4 nitrogen and oxygen atoms in total. The van der Waals surface area contributed by atoms with Gasteiger partial charge in [0.1, 0.15) is 11.5 Å². The van der Waals surface area contributed by atoms with E-state index in [1.165, 1.54) is 7.11 Å². The van der Waals surface area contributed by atoms with Gasteiger partial charge in [0.15, 0.2) is 0 Å². The molecule has 0 bridgehead atoms. The maximum absolute atomic E-state index is 12.4. The molecule has 1 amide bonds. The average Bonchev–Trinajstić information content (AvgIpc) is 2.50. The van der Waals surface area contributed by atoms with Crippen LogP contribution in [0.1, 0.15) is 21.5 Å². The molecule has 110 valence electrons. The first-order chi connectivity index (χ1) is 10.0. The van der Waals surface area contributed by atoms with Crippen molar-refractivity contribution >= 4 is 11.6 Å². The summed E-state index contributed by atoms with van der Waals surface area (Å²) < 4.78 is 10.4. The van der Waals surface area contributed by atoms with Crippen molar-refractivity contribution < 1.29 is 14.3 Å².